The van der Waals surface area contributed by atoms with Gasteiger partial charge in [-0.3, -0.25) is 4.79 Å². The van der Waals surface area contributed by atoms with Gasteiger partial charge in [0, 0.05) is 12.3 Å². The molecule has 104 valence electrons. The van der Waals surface area contributed by atoms with E-state index >= 15 is 0 Å². The third kappa shape index (κ3) is 2.27. The Morgan fingerprint density at radius 1 is 1.50 bits per heavy atom. The van der Waals surface area contributed by atoms with Crippen molar-refractivity contribution < 1.29 is 14.6 Å². The summed E-state index contributed by atoms with van der Waals surface area (Å²) in [6.07, 6.45) is 3.88. The number of carboxylic acids is 1. The number of carbonyl (C=O) groups is 1. The molecule has 5 heteroatoms. The van der Waals surface area contributed by atoms with Gasteiger partial charge in [0.2, 0.25) is 0 Å². The fraction of sp³-hybridized carbons (Fsp3) is 0.333. The van der Waals surface area contributed by atoms with Gasteiger partial charge in [0.1, 0.15) is 5.75 Å². The fourth-order valence-corrected chi connectivity index (χ4v) is 2.60. The quantitative estimate of drug-likeness (QED) is 0.929. The number of hydrogen-bond donors (Lipinski definition) is 1. The van der Waals surface area contributed by atoms with Crippen LogP contribution in [-0.4, -0.2) is 28.0 Å². The first-order valence-corrected chi connectivity index (χ1v) is 6.62. The molecule has 1 unspecified atom stereocenters. The van der Waals surface area contributed by atoms with Gasteiger partial charge >= 0.3 is 5.97 Å². The third-order valence-electron chi connectivity index (χ3n) is 3.74. The van der Waals surface area contributed by atoms with Crippen molar-refractivity contribution in [1.82, 2.24) is 9.78 Å². The summed E-state index contributed by atoms with van der Waals surface area (Å²) >= 11 is 0. The van der Waals surface area contributed by atoms with Gasteiger partial charge in [-0.15, -0.1) is 0 Å². The second-order valence-electron chi connectivity index (χ2n) is 5.03. The number of hydrogen-bond acceptors (Lipinski definition) is 3. The first-order valence-electron chi connectivity index (χ1n) is 6.62. The van der Waals surface area contributed by atoms with Crippen molar-refractivity contribution in [2.75, 3.05) is 7.11 Å². The maximum Gasteiger partial charge on any atom is 0.306 e. The lowest BCUT2D eigenvalue weighted by Gasteiger charge is -2.16. The standard InChI is InChI=1S/C15H16N2O3/c1-20-13-4-2-3-12(8-13)17-9-11-7-10(15(18)19)5-6-14(11)16-17/h2-4,8-10H,5-7H2,1H3,(H,18,19). The number of carboxylic acid groups (broad SMARTS) is 1. The summed E-state index contributed by atoms with van der Waals surface area (Å²) in [6.45, 7) is 0. The highest BCUT2D eigenvalue weighted by Crippen LogP contribution is 2.26. The minimum absolute atomic E-state index is 0.287. The molecule has 0 spiro atoms. The molecule has 1 aliphatic rings. The Labute approximate surface area is 116 Å². The van der Waals surface area contributed by atoms with E-state index in [0.717, 1.165) is 29.1 Å². The van der Waals surface area contributed by atoms with Gasteiger partial charge in [0.25, 0.3) is 0 Å². The van der Waals surface area contributed by atoms with E-state index in [1.807, 2.05) is 30.5 Å². The van der Waals surface area contributed by atoms with Crippen LogP contribution in [0, 0.1) is 5.92 Å². The zero-order chi connectivity index (χ0) is 14.1. The molecule has 0 saturated carbocycles. The number of aliphatic carboxylic acids is 1. The smallest absolute Gasteiger partial charge is 0.306 e. The predicted molar refractivity (Wildman–Crippen MR) is 73.3 cm³/mol. The molecule has 1 atom stereocenters. The molecule has 1 aliphatic carbocycles. The highest BCUT2D eigenvalue weighted by molar-refractivity contribution is 5.70. The summed E-state index contributed by atoms with van der Waals surface area (Å²) in [5.41, 5.74) is 2.96. The lowest BCUT2D eigenvalue weighted by Crippen LogP contribution is -2.21. The van der Waals surface area contributed by atoms with Crippen molar-refractivity contribution in [3.05, 3.63) is 41.7 Å². The number of rotatable bonds is 3. The molecule has 2 aromatic rings. The topological polar surface area (TPSA) is 64.4 Å². The highest BCUT2D eigenvalue weighted by atomic mass is 16.5. The van der Waals surface area contributed by atoms with E-state index in [2.05, 4.69) is 5.10 Å². The van der Waals surface area contributed by atoms with Crippen LogP contribution in [0.3, 0.4) is 0 Å². The Kier molecular flexibility index (Phi) is 3.18. The van der Waals surface area contributed by atoms with Crippen LogP contribution in [0.4, 0.5) is 0 Å². The fourth-order valence-electron chi connectivity index (χ4n) is 2.60. The molecule has 0 aliphatic heterocycles. The molecule has 0 amide bonds. The van der Waals surface area contributed by atoms with Gasteiger partial charge in [0.15, 0.2) is 0 Å². The Bertz CT molecular complexity index is 648. The SMILES string of the molecule is COc1cccc(-n2cc3c(n2)CCC(C(=O)O)C3)c1. The molecule has 5 nitrogen and oxygen atoms in total. The Morgan fingerprint density at radius 2 is 2.35 bits per heavy atom. The van der Waals surface area contributed by atoms with Crippen LogP contribution >= 0.6 is 0 Å². The van der Waals surface area contributed by atoms with E-state index < -0.39 is 5.97 Å². The molecule has 1 aromatic heterocycles. The van der Waals surface area contributed by atoms with E-state index in [0.29, 0.717) is 12.8 Å². The summed E-state index contributed by atoms with van der Waals surface area (Å²) in [5, 5.41) is 13.7. The van der Waals surface area contributed by atoms with Crippen LogP contribution in [0.25, 0.3) is 5.69 Å². The van der Waals surface area contributed by atoms with Crippen LogP contribution in [0.1, 0.15) is 17.7 Å². The van der Waals surface area contributed by atoms with Crippen LogP contribution in [-0.2, 0) is 17.6 Å². The molecule has 3 rings (SSSR count). The van der Waals surface area contributed by atoms with Gasteiger partial charge in [-0.25, -0.2) is 4.68 Å². The van der Waals surface area contributed by atoms with E-state index in [1.165, 1.54) is 0 Å². The average Bonchev–Trinajstić information content (AvgIpc) is 2.90. The zero-order valence-corrected chi connectivity index (χ0v) is 11.2. The maximum absolute atomic E-state index is 11.1. The van der Waals surface area contributed by atoms with Crippen LogP contribution in [0.2, 0.25) is 0 Å². The van der Waals surface area contributed by atoms with Gasteiger partial charge in [-0.2, -0.15) is 5.10 Å². The van der Waals surface area contributed by atoms with Crippen LogP contribution in [0.15, 0.2) is 30.5 Å². The summed E-state index contributed by atoms with van der Waals surface area (Å²) in [4.78, 5) is 11.1. The van der Waals surface area contributed by atoms with Crippen molar-refractivity contribution in [3.63, 3.8) is 0 Å². The van der Waals surface area contributed by atoms with Gasteiger partial charge in [-0.1, -0.05) is 6.07 Å². The molecule has 1 N–H and O–H groups in total. The summed E-state index contributed by atoms with van der Waals surface area (Å²) in [7, 11) is 1.63. The molecule has 20 heavy (non-hydrogen) atoms. The second-order valence-corrected chi connectivity index (χ2v) is 5.03. The Morgan fingerprint density at radius 3 is 3.10 bits per heavy atom. The predicted octanol–water partition coefficient (Wildman–Crippen LogP) is 2.07. The monoisotopic (exact) mass is 272 g/mol. The summed E-state index contributed by atoms with van der Waals surface area (Å²) < 4.78 is 7.01. The van der Waals surface area contributed by atoms with E-state index in [-0.39, 0.29) is 5.92 Å². The molecular weight excluding hydrogens is 256 g/mol. The Balaban J connectivity index is 1.92. The number of methoxy groups -OCH3 is 1. The lowest BCUT2D eigenvalue weighted by atomic mass is 9.88. The Hall–Kier alpha value is -2.30. The van der Waals surface area contributed by atoms with Crippen molar-refractivity contribution in [1.29, 1.82) is 0 Å². The number of ether oxygens (including phenoxy) is 1. The average molecular weight is 272 g/mol. The zero-order valence-electron chi connectivity index (χ0n) is 11.2. The third-order valence-corrected chi connectivity index (χ3v) is 3.74. The highest BCUT2D eigenvalue weighted by Gasteiger charge is 2.26. The molecule has 0 radical (unpaired) electrons. The summed E-state index contributed by atoms with van der Waals surface area (Å²) in [6, 6.07) is 7.66. The van der Waals surface area contributed by atoms with Crippen molar-refractivity contribution >= 4 is 5.97 Å². The van der Waals surface area contributed by atoms with Crippen LogP contribution < -0.4 is 4.74 Å². The van der Waals surface area contributed by atoms with E-state index in [1.54, 1.807) is 11.8 Å². The van der Waals surface area contributed by atoms with Crippen molar-refractivity contribution in [2.45, 2.75) is 19.3 Å². The number of aromatic nitrogens is 2. The summed E-state index contributed by atoms with van der Waals surface area (Å²) in [5.74, 6) is -0.227. The van der Waals surface area contributed by atoms with Gasteiger partial charge < -0.3 is 9.84 Å². The molecular formula is C15H16N2O3. The molecule has 1 aromatic carbocycles. The van der Waals surface area contributed by atoms with E-state index in [9.17, 15) is 4.79 Å². The number of benzene rings is 1. The minimum atomic E-state index is -0.718. The van der Waals surface area contributed by atoms with Gasteiger partial charge in [-0.05, 0) is 37.0 Å². The normalized spacial score (nSPS) is 17.6. The molecule has 0 fully saturated rings. The van der Waals surface area contributed by atoms with Crippen molar-refractivity contribution in [2.24, 2.45) is 5.92 Å². The molecule has 1 heterocycles. The first-order chi connectivity index (χ1) is 9.67. The maximum atomic E-state index is 11.1. The number of aryl methyl sites for hydroxylation is 1. The van der Waals surface area contributed by atoms with E-state index in [4.69, 9.17) is 9.84 Å². The number of nitrogens with zero attached hydrogens (tertiary/aromatic N) is 2. The van der Waals surface area contributed by atoms with Gasteiger partial charge in [0.05, 0.1) is 24.4 Å². The molecule has 0 saturated heterocycles. The first kappa shape index (κ1) is 12.7. The lowest BCUT2D eigenvalue weighted by molar-refractivity contribution is -0.142. The minimum Gasteiger partial charge on any atom is -0.497 e. The van der Waals surface area contributed by atoms with Crippen LogP contribution in [0.5, 0.6) is 5.75 Å². The van der Waals surface area contributed by atoms with Crippen molar-refractivity contribution in [3.8, 4) is 11.4 Å². The number of fused-ring (bicyclic) bond motifs is 1. The largest absolute Gasteiger partial charge is 0.497 e. The molecule has 0 bridgehead atoms. The second kappa shape index (κ2) is 5.00.